The molecule has 154 valence electrons. The van der Waals surface area contributed by atoms with Crippen LogP contribution in [0.4, 0.5) is 4.39 Å². The van der Waals surface area contributed by atoms with Crippen molar-refractivity contribution in [2.45, 2.75) is 44.7 Å². The Morgan fingerprint density at radius 2 is 2.00 bits per heavy atom. The van der Waals surface area contributed by atoms with Gasteiger partial charge in [0.05, 0.1) is 18.9 Å². The van der Waals surface area contributed by atoms with Crippen LogP contribution in [-0.2, 0) is 22.6 Å². The van der Waals surface area contributed by atoms with Gasteiger partial charge in [0, 0.05) is 19.1 Å². The SMILES string of the molecule is O=C(NCc1n[nH]c(=S)n1C1CC1)C1CCCN(C(=O)Cc2ccc(F)cc2)C1. The number of nitrogens with one attached hydrogen (secondary N) is 2. The van der Waals surface area contributed by atoms with E-state index >= 15 is 0 Å². The highest BCUT2D eigenvalue weighted by molar-refractivity contribution is 7.71. The number of carbonyl (C=O) groups is 2. The molecule has 2 fully saturated rings. The molecule has 7 nitrogen and oxygen atoms in total. The Kier molecular flexibility index (Phi) is 5.75. The molecule has 2 aromatic rings. The Morgan fingerprint density at radius 1 is 1.24 bits per heavy atom. The first-order valence-corrected chi connectivity index (χ1v) is 10.4. The third kappa shape index (κ3) is 4.72. The van der Waals surface area contributed by atoms with E-state index in [1.165, 1.54) is 12.1 Å². The molecule has 1 aliphatic carbocycles. The molecule has 9 heteroatoms. The van der Waals surface area contributed by atoms with Crippen LogP contribution in [0.5, 0.6) is 0 Å². The molecular weight excluding hydrogens is 393 g/mol. The van der Waals surface area contributed by atoms with Crippen LogP contribution in [0.25, 0.3) is 0 Å². The lowest BCUT2D eigenvalue weighted by Gasteiger charge is -2.32. The highest BCUT2D eigenvalue weighted by atomic mass is 32.1. The quantitative estimate of drug-likeness (QED) is 0.708. The number of carbonyl (C=O) groups excluding carboxylic acids is 2. The lowest BCUT2D eigenvalue weighted by Crippen LogP contribution is -2.46. The number of hydrogen-bond donors (Lipinski definition) is 2. The summed E-state index contributed by atoms with van der Waals surface area (Å²) < 4.78 is 15.6. The summed E-state index contributed by atoms with van der Waals surface area (Å²) in [6.07, 6.45) is 3.92. The summed E-state index contributed by atoms with van der Waals surface area (Å²) in [7, 11) is 0. The first-order valence-electron chi connectivity index (χ1n) is 9.97. The van der Waals surface area contributed by atoms with Gasteiger partial charge in [-0.15, -0.1) is 0 Å². The number of nitrogens with zero attached hydrogens (tertiary/aromatic N) is 3. The van der Waals surface area contributed by atoms with Gasteiger partial charge in [0.15, 0.2) is 10.6 Å². The molecular formula is C20H24FN5O2S. The number of aromatic amines is 1. The number of aromatic nitrogens is 3. The average Bonchev–Trinajstić information content (AvgIpc) is 3.50. The normalized spacial score (nSPS) is 19.2. The number of piperidine rings is 1. The second-order valence-electron chi connectivity index (χ2n) is 7.75. The number of rotatable bonds is 6. The summed E-state index contributed by atoms with van der Waals surface area (Å²) in [5.41, 5.74) is 0.769. The summed E-state index contributed by atoms with van der Waals surface area (Å²) in [5, 5.41) is 9.98. The van der Waals surface area contributed by atoms with Gasteiger partial charge in [0.2, 0.25) is 11.8 Å². The maximum atomic E-state index is 13.0. The van der Waals surface area contributed by atoms with Gasteiger partial charge >= 0.3 is 0 Å². The second-order valence-corrected chi connectivity index (χ2v) is 8.13. The highest BCUT2D eigenvalue weighted by Gasteiger charge is 2.30. The van der Waals surface area contributed by atoms with Gasteiger partial charge in [-0.05, 0) is 55.6 Å². The maximum Gasteiger partial charge on any atom is 0.227 e. The first-order chi connectivity index (χ1) is 14.0. The number of likely N-dealkylation sites (tertiary alicyclic amines) is 1. The molecule has 2 N–H and O–H groups in total. The monoisotopic (exact) mass is 417 g/mol. The molecule has 1 aliphatic heterocycles. The maximum absolute atomic E-state index is 13.0. The van der Waals surface area contributed by atoms with Gasteiger partial charge in [0.25, 0.3) is 0 Å². The van der Waals surface area contributed by atoms with Gasteiger partial charge in [-0.2, -0.15) is 5.10 Å². The van der Waals surface area contributed by atoms with Crippen molar-refractivity contribution in [3.05, 3.63) is 46.2 Å². The predicted octanol–water partition coefficient (Wildman–Crippen LogP) is 2.51. The minimum absolute atomic E-state index is 0.0382. The molecule has 1 aromatic carbocycles. The predicted molar refractivity (Wildman–Crippen MR) is 107 cm³/mol. The Balaban J connectivity index is 1.31. The lowest BCUT2D eigenvalue weighted by molar-refractivity contribution is -0.135. The first kappa shape index (κ1) is 19.8. The molecule has 1 unspecified atom stereocenters. The summed E-state index contributed by atoms with van der Waals surface area (Å²) in [6, 6.07) is 6.34. The van der Waals surface area contributed by atoms with E-state index in [1.54, 1.807) is 17.0 Å². The summed E-state index contributed by atoms with van der Waals surface area (Å²) in [5.74, 6) is 0.0753. The van der Waals surface area contributed by atoms with Crippen LogP contribution in [0.2, 0.25) is 0 Å². The molecule has 0 bridgehead atoms. The molecule has 2 amide bonds. The number of halogens is 1. The van der Waals surface area contributed by atoms with E-state index in [4.69, 9.17) is 12.2 Å². The lowest BCUT2D eigenvalue weighted by atomic mass is 9.96. The van der Waals surface area contributed by atoms with Crippen molar-refractivity contribution in [2.75, 3.05) is 13.1 Å². The van der Waals surface area contributed by atoms with Crippen LogP contribution < -0.4 is 5.32 Å². The Labute approximate surface area is 173 Å². The fraction of sp³-hybridized carbons (Fsp3) is 0.500. The minimum Gasteiger partial charge on any atom is -0.348 e. The van der Waals surface area contributed by atoms with E-state index in [2.05, 4.69) is 15.5 Å². The summed E-state index contributed by atoms with van der Waals surface area (Å²) >= 11 is 5.27. The van der Waals surface area contributed by atoms with E-state index in [9.17, 15) is 14.0 Å². The van der Waals surface area contributed by atoms with Crippen molar-refractivity contribution in [2.24, 2.45) is 5.92 Å². The van der Waals surface area contributed by atoms with E-state index in [-0.39, 0.29) is 30.0 Å². The smallest absolute Gasteiger partial charge is 0.227 e. The van der Waals surface area contributed by atoms with E-state index in [0.29, 0.717) is 30.4 Å². The fourth-order valence-electron chi connectivity index (χ4n) is 3.79. The van der Waals surface area contributed by atoms with E-state index in [1.807, 2.05) is 4.57 Å². The minimum atomic E-state index is -0.320. The van der Waals surface area contributed by atoms with Gasteiger partial charge in [0.1, 0.15) is 5.82 Å². The average molecular weight is 418 g/mol. The molecule has 1 saturated heterocycles. The summed E-state index contributed by atoms with van der Waals surface area (Å²) in [6.45, 7) is 1.37. The van der Waals surface area contributed by atoms with Crippen molar-refractivity contribution in [3.8, 4) is 0 Å². The topological polar surface area (TPSA) is 83.0 Å². The molecule has 1 saturated carbocycles. The van der Waals surface area contributed by atoms with Gasteiger partial charge in [-0.25, -0.2) is 4.39 Å². The van der Waals surface area contributed by atoms with Crippen LogP contribution in [0.1, 0.15) is 43.1 Å². The zero-order valence-electron chi connectivity index (χ0n) is 16.1. The zero-order valence-corrected chi connectivity index (χ0v) is 16.9. The third-order valence-corrected chi connectivity index (χ3v) is 5.81. The molecule has 4 rings (SSSR count). The number of amides is 2. The Hall–Kier alpha value is -2.55. The van der Waals surface area contributed by atoms with Gasteiger partial charge in [-0.1, -0.05) is 12.1 Å². The molecule has 2 aliphatic rings. The summed E-state index contributed by atoms with van der Waals surface area (Å²) in [4.78, 5) is 27.0. The van der Waals surface area contributed by atoms with Crippen molar-refractivity contribution < 1.29 is 14.0 Å². The molecule has 0 spiro atoms. The van der Waals surface area contributed by atoms with Gasteiger partial charge in [-0.3, -0.25) is 19.3 Å². The van der Waals surface area contributed by atoms with Crippen LogP contribution in [0.15, 0.2) is 24.3 Å². The van der Waals surface area contributed by atoms with Crippen molar-refractivity contribution in [3.63, 3.8) is 0 Å². The van der Waals surface area contributed by atoms with E-state index < -0.39 is 0 Å². The largest absolute Gasteiger partial charge is 0.348 e. The Bertz CT molecular complexity index is 951. The molecule has 0 radical (unpaired) electrons. The second kappa shape index (κ2) is 8.44. The van der Waals surface area contributed by atoms with Crippen molar-refractivity contribution in [1.29, 1.82) is 0 Å². The number of benzene rings is 1. The van der Waals surface area contributed by atoms with Crippen LogP contribution >= 0.6 is 12.2 Å². The Morgan fingerprint density at radius 3 is 2.72 bits per heavy atom. The molecule has 1 atom stereocenters. The van der Waals surface area contributed by atoms with Crippen LogP contribution in [0.3, 0.4) is 0 Å². The zero-order chi connectivity index (χ0) is 20.4. The number of H-pyrrole nitrogens is 1. The van der Waals surface area contributed by atoms with E-state index in [0.717, 1.165) is 37.1 Å². The highest BCUT2D eigenvalue weighted by Crippen LogP contribution is 2.35. The fourth-order valence-corrected chi connectivity index (χ4v) is 4.09. The number of hydrogen-bond acceptors (Lipinski definition) is 4. The standard InChI is InChI=1S/C20H24FN5O2S/c21-15-5-3-13(4-6-15)10-18(27)25-9-1-2-14(12-25)19(28)22-11-17-23-24-20(29)26(17)16-7-8-16/h3-6,14,16H,1-2,7-12H2,(H,22,28)(H,24,29). The van der Waals surface area contributed by atoms with Crippen molar-refractivity contribution in [1.82, 2.24) is 25.0 Å². The molecule has 29 heavy (non-hydrogen) atoms. The molecule has 2 heterocycles. The molecule has 1 aromatic heterocycles. The van der Waals surface area contributed by atoms with Crippen LogP contribution in [-0.4, -0.2) is 44.6 Å². The third-order valence-electron chi connectivity index (χ3n) is 5.52. The van der Waals surface area contributed by atoms with Crippen LogP contribution in [0, 0.1) is 16.5 Å². The van der Waals surface area contributed by atoms with Crippen molar-refractivity contribution >= 4 is 24.0 Å². The van der Waals surface area contributed by atoms with Gasteiger partial charge < -0.3 is 10.2 Å².